The summed E-state index contributed by atoms with van der Waals surface area (Å²) >= 11 is 0. The lowest BCUT2D eigenvalue weighted by molar-refractivity contribution is 0.0314. The highest BCUT2D eigenvalue weighted by Crippen LogP contribution is 2.20. The van der Waals surface area contributed by atoms with Crippen LogP contribution >= 0.6 is 12.4 Å². The van der Waals surface area contributed by atoms with Crippen molar-refractivity contribution in [3.05, 3.63) is 59.0 Å². The summed E-state index contributed by atoms with van der Waals surface area (Å²) in [5.74, 6) is 0.865. The molecule has 0 unspecified atom stereocenters. The van der Waals surface area contributed by atoms with Gasteiger partial charge in [0.1, 0.15) is 12.0 Å². The van der Waals surface area contributed by atoms with E-state index in [0.29, 0.717) is 11.6 Å². The van der Waals surface area contributed by atoms with Gasteiger partial charge in [-0.25, -0.2) is 0 Å². The molecule has 148 valence electrons. The second-order valence-corrected chi connectivity index (χ2v) is 7.63. The molecule has 1 amide bonds. The third kappa shape index (κ3) is 5.14. The van der Waals surface area contributed by atoms with Gasteiger partial charge in [0, 0.05) is 25.2 Å². The average molecular weight is 391 g/mol. The minimum Gasteiger partial charge on any atom is -0.469 e. The summed E-state index contributed by atoms with van der Waals surface area (Å²) in [6, 6.07) is 11.0. The Balaban J connectivity index is 0.00000261. The van der Waals surface area contributed by atoms with Crippen LogP contribution in [0.25, 0.3) is 0 Å². The maximum absolute atomic E-state index is 12.8. The number of nitrogens with zero attached hydrogens (tertiary/aromatic N) is 2. The molecule has 1 aromatic heterocycles. The molecule has 3 rings (SSSR count). The first-order valence-corrected chi connectivity index (χ1v) is 9.60. The van der Waals surface area contributed by atoms with E-state index in [4.69, 9.17) is 4.42 Å². The Kier molecular flexibility index (Phi) is 7.51. The number of furan rings is 1. The number of halogens is 1. The summed E-state index contributed by atoms with van der Waals surface area (Å²) < 4.78 is 5.31. The van der Waals surface area contributed by atoms with Crippen LogP contribution in [0.15, 0.2) is 41.0 Å². The van der Waals surface area contributed by atoms with E-state index in [9.17, 15) is 4.79 Å². The molecule has 4 nitrogen and oxygen atoms in total. The molecule has 1 aliphatic heterocycles. The quantitative estimate of drug-likeness (QED) is 0.754. The highest BCUT2D eigenvalue weighted by Gasteiger charge is 2.32. The van der Waals surface area contributed by atoms with E-state index < -0.39 is 0 Å². The highest BCUT2D eigenvalue weighted by molar-refractivity contribution is 5.94. The monoisotopic (exact) mass is 390 g/mol. The Morgan fingerprint density at radius 2 is 1.89 bits per heavy atom. The molecule has 1 saturated heterocycles. The van der Waals surface area contributed by atoms with Crippen LogP contribution in [0.2, 0.25) is 0 Å². The van der Waals surface area contributed by atoms with Crippen molar-refractivity contribution in [3.63, 3.8) is 0 Å². The van der Waals surface area contributed by atoms with Crippen molar-refractivity contribution in [1.82, 2.24) is 9.80 Å². The van der Waals surface area contributed by atoms with E-state index in [1.54, 1.807) is 6.26 Å². The minimum absolute atomic E-state index is 0. The Hall–Kier alpha value is -1.78. The lowest BCUT2D eigenvalue weighted by Gasteiger charge is -2.44. The molecule has 1 aromatic carbocycles. The van der Waals surface area contributed by atoms with Gasteiger partial charge in [-0.05, 0) is 64.3 Å². The zero-order valence-corrected chi connectivity index (χ0v) is 17.6. The number of carbonyl (C=O) groups is 1. The average Bonchev–Trinajstić information content (AvgIpc) is 3.05. The van der Waals surface area contributed by atoms with Crippen LogP contribution in [0.5, 0.6) is 0 Å². The molecule has 2 atom stereocenters. The Morgan fingerprint density at radius 3 is 2.56 bits per heavy atom. The standard InChI is InChI=1S/C22H30N2O2.ClH/c1-16-8-5-6-9-20(16)10-7-11-23-13-18(3)24(14-17(23)2)22(25)21-12-19(4)26-15-21;/h5-6,8-9,12,15,17-18H,7,10-11,13-14H2,1-4H3;1H/t17-,18+;/m0./s1. The van der Waals surface area contributed by atoms with Crippen LogP contribution in [0.3, 0.4) is 0 Å². The van der Waals surface area contributed by atoms with E-state index >= 15 is 0 Å². The molecule has 2 aromatic rings. The zero-order chi connectivity index (χ0) is 18.7. The summed E-state index contributed by atoms with van der Waals surface area (Å²) in [5.41, 5.74) is 3.48. The lowest BCUT2D eigenvalue weighted by Crippen LogP contribution is -2.58. The first-order chi connectivity index (χ1) is 12.5. The van der Waals surface area contributed by atoms with Gasteiger partial charge in [0.2, 0.25) is 0 Å². The molecule has 0 aliphatic carbocycles. The summed E-state index contributed by atoms with van der Waals surface area (Å²) in [4.78, 5) is 17.3. The summed E-state index contributed by atoms with van der Waals surface area (Å²) in [6.45, 7) is 11.2. The second kappa shape index (κ2) is 9.43. The number of hydrogen-bond donors (Lipinski definition) is 0. The van der Waals surface area contributed by atoms with E-state index in [-0.39, 0.29) is 24.4 Å². The normalized spacial score (nSPS) is 20.4. The molecular weight excluding hydrogens is 360 g/mol. The number of rotatable bonds is 5. The molecular formula is C22H31ClN2O2. The largest absolute Gasteiger partial charge is 0.469 e. The maximum Gasteiger partial charge on any atom is 0.257 e. The van der Waals surface area contributed by atoms with Crippen LogP contribution in [0.1, 0.15) is 47.5 Å². The van der Waals surface area contributed by atoms with Gasteiger partial charge in [-0.3, -0.25) is 9.69 Å². The number of carbonyl (C=O) groups excluding carboxylic acids is 1. The number of amides is 1. The van der Waals surface area contributed by atoms with Gasteiger partial charge < -0.3 is 9.32 Å². The van der Waals surface area contributed by atoms with Crippen LogP contribution in [0.4, 0.5) is 0 Å². The number of aryl methyl sites for hydroxylation is 3. The van der Waals surface area contributed by atoms with E-state index in [2.05, 4.69) is 49.9 Å². The Labute approximate surface area is 168 Å². The molecule has 0 radical (unpaired) electrons. The third-order valence-electron chi connectivity index (χ3n) is 5.51. The fourth-order valence-corrected chi connectivity index (χ4v) is 3.88. The van der Waals surface area contributed by atoms with Crippen molar-refractivity contribution < 1.29 is 9.21 Å². The summed E-state index contributed by atoms with van der Waals surface area (Å²) in [5, 5.41) is 0. The lowest BCUT2D eigenvalue weighted by atomic mass is 10.0. The summed E-state index contributed by atoms with van der Waals surface area (Å²) in [7, 11) is 0. The zero-order valence-electron chi connectivity index (χ0n) is 16.8. The SMILES string of the molecule is Cc1cc(C(=O)N2C[C@H](C)N(CCCc3ccccc3C)C[C@H]2C)co1.Cl. The van der Waals surface area contributed by atoms with Crippen molar-refractivity contribution in [2.24, 2.45) is 0 Å². The predicted molar refractivity (Wildman–Crippen MR) is 112 cm³/mol. The van der Waals surface area contributed by atoms with Gasteiger partial charge in [0.25, 0.3) is 5.91 Å². The molecule has 0 N–H and O–H groups in total. The number of hydrogen-bond acceptors (Lipinski definition) is 3. The maximum atomic E-state index is 12.8. The molecule has 0 saturated carbocycles. The first kappa shape index (κ1) is 21.5. The fourth-order valence-electron chi connectivity index (χ4n) is 3.88. The molecule has 0 spiro atoms. The van der Waals surface area contributed by atoms with E-state index in [0.717, 1.165) is 38.2 Å². The predicted octanol–water partition coefficient (Wildman–Crippen LogP) is 4.49. The van der Waals surface area contributed by atoms with Gasteiger partial charge in [-0.1, -0.05) is 24.3 Å². The second-order valence-electron chi connectivity index (χ2n) is 7.63. The van der Waals surface area contributed by atoms with Gasteiger partial charge >= 0.3 is 0 Å². The molecule has 0 bridgehead atoms. The Bertz CT molecular complexity index is 758. The molecule has 1 aliphatic rings. The van der Waals surface area contributed by atoms with Gasteiger partial charge in [0.15, 0.2) is 0 Å². The number of benzene rings is 1. The minimum atomic E-state index is 0. The number of piperazine rings is 1. The molecule has 27 heavy (non-hydrogen) atoms. The molecule has 1 fully saturated rings. The summed E-state index contributed by atoms with van der Waals surface area (Å²) in [6.07, 6.45) is 3.83. The molecule has 2 heterocycles. The van der Waals surface area contributed by atoms with Crippen LogP contribution in [-0.2, 0) is 6.42 Å². The van der Waals surface area contributed by atoms with Gasteiger partial charge in [-0.15, -0.1) is 12.4 Å². The third-order valence-corrected chi connectivity index (χ3v) is 5.51. The fraction of sp³-hybridized carbons (Fsp3) is 0.500. The van der Waals surface area contributed by atoms with Crippen LogP contribution in [-0.4, -0.2) is 47.4 Å². The van der Waals surface area contributed by atoms with E-state index in [1.165, 1.54) is 11.1 Å². The van der Waals surface area contributed by atoms with Crippen molar-refractivity contribution >= 4 is 18.3 Å². The van der Waals surface area contributed by atoms with Crippen molar-refractivity contribution in [2.45, 2.75) is 52.6 Å². The Morgan fingerprint density at radius 1 is 1.15 bits per heavy atom. The van der Waals surface area contributed by atoms with Gasteiger partial charge in [-0.2, -0.15) is 0 Å². The smallest absolute Gasteiger partial charge is 0.257 e. The van der Waals surface area contributed by atoms with E-state index in [1.807, 2.05) is 17.9 Å². The van der Waals surface area contributed by atoms with Gasteiger partial charge in [0.05, 0.1) is 5.56 Å². The first-order valence-electron chi connectivity index (χ1n) is 9.60. The van der Waals surface area contributed by atoms with Crippen molar-refractivity contribution in [3.8, 4) is 0 Å². The molecule has 5 heteroatoms. The van der Waals surface area contributed by atoms with Crippen LogP contribution in [0, 0.1) is 13.8 Å². The highest BCUT2D eigenvalue weighted by atomic mass is 35.5. The van der Waals surface area contributed by atoms with Crippen LogP contribution < -0.4 is 0 Å². The topological polar surface area (TPSA) is 36.7 Å². The van der Waals surface area contributed by atoms with Crippen molar-refractivity contribution in [1.29, 1.82) is 0 Å². The van der Waals surface area contributed by atoms with Crippen molar-refractivity contribution in [2.75, 3.05) is 19.6 Å².